The van der Waals surface area contributed by atoms with E-state index in [0.29, 0.717) is 33.7 Å². The lowest BCUT2D eigenvalue weighted by atomic mass is 9.88. The van der Waals surface area contributed by atoms with Crippen molar-refractivity contribution in [3.8, 4) is 11.5 Å². The average Bonchev–Trinajstić information content (AvgIpc) is 2.97. The van der Waals surface area contributed by atoms with Gasteiger partial charge in [-0.15, -0.1) is 0 Å². The highest BCUT2D eigenvalue weighted by molar-refractivity contribution is 6.32. The molecule has 1 fully saturated rings. The number of halogens is 1. The minimum Gasteiger partial charge on any atom is -0.493 e. The Morgan fingerprint density at radius 3 is 2.65 bits per heavy atom. The van der Waals surface area contributed by atoms with Gasteiger partial charge in [0.1, 0.15) is 5.82 Å². The normalized spacial score (nSPS) is 14.0. The van der Waals surface area contributed by atoms with E-state index in [9.17, 15) is 9.59 Å². The summed E-state index contributed by atoms with van der Waals surface area (Å²) >= 11 is 6.55. The first-order valence-corrected chi connectivity index (χ1v) is 13.7. The minimum atomic E-state index is -0.323. The van der Waals surface area contributed by atoms with E-state index in [1.165, 1.54) is 18.2 Å². The van der Waals surface area contributed by atoms with Gasteiger partial charge in [-0.2, -0.15) is 9.78 Å². The van der Waals surface area contributed by atoms with Crippen LogP contribution < -0.4 is 20.3 Å². The van der Waals surface area contributed by atoms with Gasteiger partial charge in [-0.3, -0.25) is 9.59 Å². The Bertz CT molecular complexity index is 1630. The number of methoxy groups -OCH3 is 1. The molecule has 1 aliphatic carbocycles. The summed E-state index contributed by atoms with van der Waals surface area (Å²) in [6.45, 7) is 1.66. The summed E-state index contributed by atoms with van der Waals surface area (Å²) in [6, 6.07) is 18.2. The number of para-hydroxylation sites is 2. The zero-order valence-corrected chi connectivity index (χ0v) is 23.3. The average molecular weight is 559 g/mol. The highest BCUT2D eigenvalue weighted by Gasteiger charge is 2.22. The van der Waals surface area contributed by atoms with Gasteiger partial charge in [0.2, 0.25) is 0 Å². The van der Waals surface area contributed by atoms with Crippen LogP contribution in [0.25, 0.3) is 10.9 Å². The van der Waals surface area contributed by atoms with Crippen LogP contribution in [-0.4, -0.2) is 35.5 Å². The highest BCUT2D eigenvalue weighted by atomic mass is 35.5. The molecule has 3 aromatic carbocycles. The third kappa shape index (κ3) is 6.02. The summed E-state index contributed by atoms with van der Waals surface area (Å²) in [5.41, 5.74) is 2.74. The topological polar surface area (TPSA) is 94.8 Å². The zero-order chi connectivity index (χ0) is 28.1. The number of hydrogen-bond acceptors (Lipinski definition) is 6. The molecule has 1 saturated carbocycles. The Morgan fingerprint density at radius 2 is 1.88 bits per heavy atom. The molecule has 1 heterocycles. The Balaban J connectivity index is 1.40. The maximum atomic E-state index is 13.5. The molecule has 1 aromatic heterocycles. The molecule has 5 rings (SSSR count). The molecular formula is C31H31ClN4O4. The molecule has 8 nitrogen and oxygen atoms in total. The maximum absolute atomic E-state index is 13.5. The van der Waals surface area contributed by atoms with Crippen LogP contribution in [0.4, 0.5) is 5.69 Å². The predicted molar refractivity (Wildman–Crippen MR) is 158 cm³/mol. The maximum Gasteiger partial charge on any atom is 0.282 e. The molecule has 0 spiro atoms. The largest absolute Gasteiger partial charge is 0.493 e. The lowest BCUT2D eigenvalue weighted by molar-refractivity contribution is -0.118. The van der Waals surface area contributed by atoms with E-state index in [4.69, 9.17) is 26.1 Å². The van der Waals surface area contributed by atoms with E-state index in [2.05, 4.69) is 10.4 Å². The van der Waals surface area contributed by atoms with Crippen molar-refractivity contribution in [1.29, 1.82) is 0 Å². The van der Waals surface area contributed by atoms with Crippen molar-refractivity contribution >= 4 is 40.3 Å². The number of nitrogens with zero attached hydrogens (tertiary/aromatic N) is 3. The van der Waals surface area contributed by atoms with Crippen LogP contribution in [0.3, 0.4) is 0 Å². The number of carbonyl (C=O) groups excluding carboxylic acids is 1. The first kappa shape index (κ1) is 27.4. The first-order chi connectivity index (χ1) is 19.4. The molecule has 4 aromatic rings. The van der Waals surface area contributed by atoms with Crippen molar-refractivity contribution < 1.29 is 14.3 Å². The number of aromatic nitrogens is 2. The molecule has 9 heteroatoms. The van der Waals surface area contributed by atoms with Gasteiger partial charge in [0.25, 0.3) is 11.5 Å². The molecule has 1 aliphatic rings. The third-order valence-electron chi connectivity index (χ3n) is 7.09. The molecule has 40 heavy (non-hydrogen) atoms. The highest BCUT2D eigenvalue weighted by Crippen LogP contribution is 2.36. The summed E-state index contributed by atoms with van der Waals surface area (Å²) < 4.78 is 12.7. The zero-order valence-electron chi connectivity index (χ0n) is 22.5. The molecule has 0 atom stereocenters. The van der Waals surface area contributed by atoms with Crippen LogP contribution in [0.2, 0.25) is 5.02 Å². The Labute approximate surface area is 237 Å². The van der Waals surface area contributed by atoms with Crippen LogP contribution in [-0.2, 0) is 4.79 Å². The smallest absolute Gasteiger partial charge is 0.282 e. The van der Waals surface area contributed by atoms with Gasteiger partial charge in [0.15, 0.2) is 18.1 Å². The number of carbonyl (C=O) groups is 1. The monoisotopic (exact) mass is 558 g/mol. The van der Waals surface area contributed by atoms with Crippen molar-refractivity contribution in [3.63, 3.8) is 0 Å². The fourth-order valence-electron chi connectivity index (χ4n) is 4.99. The molecule has 1 N–H and O–H groups in total. The van der Waals surface area contributed by atoms with E-state index >= 15 is 0 Å². The molecule has 0 bridgehead atoms. The Morgan fingerprint density at radius 1 is 1.12 bits per heavy atom. The first-order valence-electron chi connectivity index (χ1n) is 13.4. The second-order valence-corrected chi connectivity index (χ2v) is 10.3. The quantitative estimate of drug-likeness (QED) is 0.256. The minimum absolute atomic E-state index is 0.169. The number of rotatable bonds is 8. The van der Waals surface area contributed by atoms with Gasteiger partial charge in [-0.25, -0.2) is 4.98 Å². The SMILES string of the molecule is COc1cc(C=Nn2c(C3CCCCC3)nc3ccccc3c2=O)cc(Cl)c1OCC(=O)Nc1ccccc1C. The molecular weight excluding hydrogens is 528 g/mol. The summed E-state index contributed by atoms with van der Waals surface area (Å²) in [5, 5.41) is 8.17. The summed E-state index contributed by atoms with van der Waals surface area (Å²) in [5.74, 6) is 1.11. The van der Waals surface area contributed by atoms with Crippen molar-refractivity contribution in [2.24, 2.45) is 5.10 Å². The number of hydrogen-bond donors (Lipinski definition) is 1. The number of benzene rings is 3. The van der Waals surface area contributed by atoms with Gasteiger partial charge in [0.05, 0.1) is 29.2 Å². The van der Waals surface area contributed by atoms with E-state index in [1.807, 2.05) is 49.4 Å². The van der Waals surface area contributed by atoms with Gasteiger partial charge in [-0.1, -0.05) is 61.2 Å². The van der Waals surface area contributed by atoms with Gasteiger partial charge >= 0.3 is 0 Å². The van der Waals surface area contributed by atoms with Crippen molar-refractivity contribution in [2.75, 3.05) is 19.0 Å². The van der Waals surface area contributed by atoms with Crippen LogP contribution in [0.1, 0.15) is 55.0 Å². The summed E-state index contributed by atoms with van der Waals surface area (Å²) in [7, 11) is 1.49. The third-order valence-corrected chi connectivity index (χ3v) is 7.37. The van der Waals surface area contributed by atoms with Gasteiger partial charge in [0, 0.05) is 11.6 Å². The second kappa shape index (κ2) is 12.3. The number of aryl methyl sites for hydroxylation is 1. The Kier molecular flexibility index (Phi) is 8.45. The van der Waals surface area contributed by atoms with E-state index in [1.54, 1.807) is 24.4 Å². The van der Waals surface area contributed by atoms with Crippen molar-refractivity contribution in [2.45, 2.75) is 44.9 Å². The van der Waals surface area contributed by atoms with E-state index in [0.717, 1.165) is 31.2 Å². The fourth-order valence-corrected chi connectivity index (χ4v) is 5.27. The standard InChI is InChI=1S/C31H31ClN4O4/c1-20-10-6-8-14-25(20)34-28(37)19-40-29-24(32)16-21(17-27(29)39-2)18-33-36-30(22-11-4-3-5-12-22)35-26-15-9-7-13-23(26)31(36)38/h6-10,13-18,22H,3-5,11-12,19H2,1-2H3,(H,34,37). The van der Waals surface area contributed by atoms with E-state index < -0.39 is 0 Å². The number of nitrogens with one attached hydrogen (secondary N) is 1. The molecule has 0 saturated heterocycles. The van der Waals surface area contributed by atoms with Gasteiger partial charge < -0.3 is 14.8 Å². The lowest BCUT2D eigenvalue weighted by Gasteiger charge is -2.22. The van der Waals surface area contributed by atoms with Crippen molar-refractivity contribution in [3.05, 3.63) is 93.0 Å². The van der Waals surface area contributed by atoms with Crippen LogP contribution in [0.15, 0.2) is 70.6 Å². The predicted octanol–water partition coefficient (Wildman–Crippen LogP) is 6.31. The Hall–Kier alpha value is -4.17. The lowest BCUT2D eigenvalue weighted by Crippen LogP contribution is -2.25. The van der Waals surface area contributed by atoms with Crippen LogP contribution in [0, 0.1) is 6.92 Å². The summed E-state index contributed by atoms with van der Waals surface area (Å²) in [6.07, 6.45) is 6.92. The molecule has 206 valence electrons. The molecule has 0 aliphatic heterocycles. The molecule has 1 amide bonds. The second-order valence-electron chi connectivity index (χ2n) is 9.87. The number of anilines is 1. The number of ether oxygens (including phenoxy) is 2. The number of fused-ring (bicyclic) bond motifs is 1. The van der Waals surface area contributed by atoms with Crippen LogP contribution in [0.5, 0.6) is 11.5 Å². The van der Waals surface area contributed by atoms with Crippen LogP contribution >= 0.6 is 11.6 Å². The summed E-state index contributed by atoms with van der Waals surface area (Å²) in [4.78, 5) is 30.8. The molecule has 0 unspecified atom stereocenters. The number of amides is 1. The van der Waals surface area contributed by atoms with E-state index in [-0.39, 0.29) is 34.8 Å². The van der Waals surface area contributed by atoms with Crippen molar-refractivity contribution in [1.82, 2.24) is 9.66 Å². The fraction of sp³-hybridized carbons (Fsp3) is 0.290. The van der Waals surface area contributed by atoms with Gasteiger partial charge in [-0.05, 0) is 61.2 Å². The molecule has 0 radical (unpaired) electrons.